The second-order valence-corrected chi connectivity index (χ2v) is 7.17. The topological polar surface area (TPSA) is 58.2 Å². The molecule has 2 N–H and O–H groups in total. The zero-order valence-corrected chi connectivity index (χ0v) is 16.6. The van der Waals surface area contributed by atoms with Gasteiger partial charge in [-0.05, 0) is 83.6 Å². The van der Waals surface area contributed by atoms with Gasteiger partial charge in [0.05, 0.1) is 5.56 Å². The average molecular weight is 474 g/mol. The van der Waals surface area contributed by atoms with E-state index >= 15 is 0 Å². The van der Waals surface area contributed by atoms with Gasteiger partial charge in [0.2, 0.25) is 0 Å². The number of rotatable bonds is 4. The van der Waals surface area contributed by atoms with E-state index in [1.807, 2.05) is 24.3 Å². The van der Waals surface area contributed by atoms with Crippen molar-refractivity contribution in [1.29, 1.82) is 0 Å². The van der Waals surface area contributed by atoms with Crippen molar-refractivity contribution in [2.24, 2.45) is 0 Å². The molecule has 0 radical (unpaired) electrons. The van der Waals surface area contributed by atoms with Crippen LogP contribution in [0.4, 0.5) is 15.8 Å². The normalized spacial score (nSPS) is 10.3. The smallest absolute Gasteiger partial charge is 0.258 e. The fourth-order valence-corrected chi connectivity index (χ4v) is 2.83. The number of hydrogen-bond donors (Lipinski definition) is 2. The molecule has 0 aromatic heterocycles. The fourth-order valence-electron chi connectivity index (χ4n) is 2.47. The predicted octanol–water partition coefficient (Wildman–Crippen LogP) is 5.24. The lowest BCUT2D eigenvalue weighted by Crippen LogP contribution is -2.16. The molecule has 3 aromatic carbocycles. The van der Waals surface area contributed by atoms with Gasteiger partial charge in [0.1, 0.15) is 5.82 Å². The van der Waals surface area contributed by atoms with Crippen molar-refractivity contribution in [2.45, 2.75) is 6.92 Å². The lowest BCUT2D eigenvalue weighted by Gasteiger charge is -2.11. The highest BCUT2D eigenvalue weighted by Gasteiger charge is 2.14. The largest absolute Gasteiger partial charge is 0.322 e. The number of aryl methyl sites for hydroxylation is 1. The van der Waals surface area contributed by atoms with Gasteiger partial charge in [-0.3, -0.25) is 9.59 Å². The molecule has 3 aromatic rings. The molecule has 0 saturated carbocycles. The standard InChI is InChI=1S/C21H16FIN2O2/c1-13-6-7-14(20(26)24-16-10-8-15(23)9-11-16)12-19(13)25-21(27)17-4-2-3-5-18(17)22/h2-12H,1H3,(H,24,26)(H,25,27). The second-order valence-electron chi connectivity index (χ2n) is 5.92. The molecular formula is C21H16FIN2O2. The molecule has 136 valence electrons. The van der Waals surface area contributed by atoms with Gasteiger partial charge in [0.25, 0.3) is 11.8 Å². The molecule has 0 atom stereocenters. The van der Waals surface area contributed by atoms with E-state index in [0.717, 1.165) is 9.13 Å². The molecule has 0 bridgehead atoms. The highest BCUT2D eigenvalue weighted by Crippen LogP contribution is 2.20. The lowest BCUT2D eigenvalue weighted by molar-refractivity contribution is 0.101. The zero-order chi connectivity index (χ0) is 19.4. The number of halogens is 2. The summed E-state index contributed by atoms with van der Waals surface area (Å²) in [5.74, 6) is -1.45. The van der Waals surface area contributed by atoms with Crippen molar-refractivity contribution < 1.29 is 14.0 Å². The van der Waals surface area contributed by atoms with Gasteiger partial charge in [-0.1, -0.05) is 18.2 Å². The van der Waals surface area contributed by atoms with Crippen LogP contribution in [0.5, 0.6) is 0 Å². The first kappa shape index (κ1) is 19.0. The molecule has 0 aliphatic carbocycles. The second kappa shape index (κ2) is 8.30. The summed E-state index contributed by atoms with van der Waals surface area (Å²) < 4.78 is 14.9. The minimum Gasteiger partial charge on any atom is -0.322 e. The third-order valence-corrected chi connectivity index (χ3v) is 4.69. The molecule has 0 heterocycles. The molecule has 4 nitrogen and oxygen atoms in total. The Balaban J connectivity index is 1.79. The van der Waals surface area contributed by atoms with E-state index in [0.29, 0.717) is 16.9 Å². The van der Waals surface area contributed by atoms with Gasteiger partial charge >= 0.3 is 0 Å². The van der Waals surface area contributed by atoms with Crippen molar-refractivity contribution >= 4 is 45.8 Å². The minimum atomic E-state index is -0.597. The van der Waals surface area contributed by atoms with E-state index in [1.165, 1.54) is 18.2 Å². The number of amides is 2. The van der Waals surface area contributed by atoms with Crippen LogP contribution in [0.1, 0.15) is 26.3 Å². The van der Waals surface area contributed by atoms with Gasteiger partial charge in [0.15, 0.2) is 0 Å². The van der Waals surface area contributed by atoms with Crippen molar-refractivity contribution in [3.8, 4) is 0 Å². The van der Waals surface area contributed by atoms with Crippen molar-refractivity contribution in [1.82, 2.24) is 0 Å². The van der Waals surface area contributed by atoms with Crippen molar-refractivity contribution in [3.05, 3.63) is 92.8 Å². The molecule has 6 heteroatoms. The maximum Gasteiger partial charge on any atom is 0.258 e. The number of anilines is 2. The summed E-state index contributed by atoms with van der Waals surface area (Å²) in [4.78, 5) is 24.8. The Labute approximate surface area is 169 Å². The molecule has 0 fully saturated rings. The molecule has 0 saturated heterocycles. The van der Waals surface area contributed by atoms with Crippen LogP contribution >= 0.6 is 22.6 Å². The van der Waals surface area contributed by atoms with Crippen LogP contribution in [0.3, 0.4) is 0 Å². The van der Waals surface area contributed by atoms with E-state index in [9.17, 15) is 14.0 Å². The van der Waals surface area contributed by atoms with Crippen LogP contribution in [0.25, 0.3) is 0 Å². The molecule has 27 heavy (non-hydrogen) atoms. The first-order valence-electron chi connectivity index (χ1n) is 8.17. The van der Waals surface area contributed by atoms with Crippen LogP contribution < -0.4 is 10.6 Å². The zero-order valence-electron chi connectivity index (χ0n) is 14.4. The predicted molar refractivity (Wildman–Crippen MR) is 113 cm³/mol. The lowest BCUT2D eigenvalue weighted by atomic mass is 10.1. The Kier molecular flexibility index (Phi) is 5.85. The SMILES string of the molecule is Cc1ccc(C(=O)Nc2ccc(I)cc2)cc1NC(=O)c1ccccc1F. The first-order valence-corrected chi connectivity index (χ1v) is 9.25. The van der Waals surface area contributed by atoms with Gasteiger partial charge in [-0.15, -0.1) is 0 Å². The van der Waals surface area contributed by atoms with Gasteiger partial charge in [-0.2, -0.15) is 0 Å². The molecule has 0 spiro atoms. The summed E-state index contributed by atoms with van der Waals surface area (Å²) in [7, 11) is 0. The number of hydrogen-bond acceptors (Lipinski definition) is 2. The molecule has 2 amide bonds. The highest BCUT2D eigenvalue weighted by atomic mass is 127. The van der Waals surface area contributed by atoms with E-state index in [4.69, 9.17) is 0 Å². The van der Waals surface area contributed by atoms with Gasteiger partial charge in [0, 0.05) is 20.5 Å². The summed E-state index contributed by atoms with van der Waals surface area (Å²) in [6.07, 6.45) is 0. The number of carbonyl (C=O) groups excluding carboxylic acids is 2. The maximum absolute atomic E-state index is 13.8. The summed E-state index contributed by atoms with van der Waals surface area (Å²) in [5.41, 5.74) is 2.25. The number of benzene rings is 3. The van der Waals surface area contributed by atoms with Crippen molar-refractivity contribution in [2.75, 3.05) is 10.6 Å². The van der Waals surface area contributed by atoms with E-state index < -0.39 is 11.7 Å². The molecule has 3 rings (SSSR count). The fraction of sp³-hybridized carbons (Fsp3) is 0.0476. The highest BCUT2D eigenvalue weighted by molar-refractivity contribution is 14.1. The Morgan fingerprint density at radius 3 is 2.30 bits per heavy atom. The Morgan fingerprint density at radius 2 is 1.59 bits per heavy atom. The van der Waals surface area contributed by atoms with Gasteiger partial charge < -0.3 is 10.6 Å². The van der Waals surface area contributed by atoms with Crippen molar-refractivity contribution in [3.63, 3.8) is 0 Å². The molecular weight excluding hydrogens is 458 g/mol. The third kappa shape index (κ3) is 4.71. The molecule has 0 unspecified atom stereocenters. The summed E-state index contributed by atoms with van der Waals surface area (Å²) in [5, 5.41) is 5.49. The van der Waals surface area contributed by atoms with E-state index in [-0.39, 0.29) is 11.5 Å². The first-order chi connectivity index (χ1) is 12.9. The maximum atomic E-state index is 13.8. The average Bonchev–Trinajstić information content (AvgIpc) is 2.65. The summed E-state index contributed by atoms with van der Waals surface area (Å²) >= 11 is 2.19. The Hall–Kier alpha value is -2.74. The van der Waals surface area contributed by atoms with E-state index in [1.54, 1.807) is 31.2 Å². The van der Waals surface area contributed by atoms with E-state index in [2.05, 4.69) is 33.2 Å². The summed E-state index contributed by atoms with van der Waals surface area (Å²) in [6, 6.07) is 18.2. The van der Waals surface area contributed by atoms with Crippen LogP contribution in [0.2, 0.25) is 0 Å². The number of nitrogens with one attached hydrogen (secondary N) is 2. The Morgan fingerprint density at radius 1 is 0.889 bits per heavy atom. The minimum absolute atomic E-state index is 0.0503. The molecule has 0 aliphatic heterocycles. The Bertz CT molecular complexity index is 1000. The number of carbonyl (C=O) groups is 2. The van der Waals surface area contributed by atoms with Crippen LogP contribution in [0, 0.1) is 16.3 Å². The quantitative estimate of drug-likeness (QED) is 0.508. The van der Waals surface area contributed by atoms with Crippen LogP contribution in [-0.4, -0.2) is 11.8 Å². The van der Waals surface area contributed by atoms with Crippen LogP contribution in [0.15, 0.2) is 66.7 Å². The van der Waals surface area contributed by atoms with Crippen LogP contribution in [-0.2, 0) is 0 Å². The molecule has 0 aliphatic rings. The third-order valence-electron chi connectivity index (χ3n) is 3.97. The monoisotopic (exact) mass is 474 g/mol. The van der Waals surface area contributed by atoms with Gasteiger partial charge in [-0.25, -0.2) is 4.39 Å². The summed E-state index contributed by atoms with van der Waals surface area (Å²) in [6.45, 7) is 1.80.